The minimum absolute atomic E-state index is 0.328. The Morgan fingerprint density at radius 1 is 0.895 bits per heavy atom. The summed E-state index contributed by atoms with van der Waals surface area (Å²) in [6.45, 7) is 11.8. The number of rotatable bonds is 2. The third-order valence-electron chi connectivity index (χ3n) is 4.74. The van der Waals surface area contributed by atoms with E-state index >= 15 is 0 Å². The monoisotopic (exact) mass is 282 g/mol. The number of allylic oxidation sites excluding steroid dienone is 2. The summed E-state index contributed by atoms with van der Waals surface area (Å²) < 4.78 is 6.62. The summed E-state index contributed by atoms with van der Waals surface area (Å²) in [7, 11) is -1.60. The van der Waals surface area contributed by atoms with Crippen LogP contribution in [0.25, 0.3) is 0 Å². The second-order valence-corrected chi connectivity index (χ2v) is 12.3. The summed E-state index contributed by atoms with van der Waals surface area (Å²) >= 11 is 0. The van der Waals surface area contributed by atoms with Crippen LogP contribution in [-0.2, 0) is 4.43 Å². The van der Waals surface area contributed by atoms with Crippen molar-refractivity contribution in [3.63, 3.8) is 0 Å². The SMILES string of the molecule is CC(C)(C)[Si](C)(C)OC1CCC=CCCCCCC1. The Labute approximate surface area is 122 Å². The molecule has 0 heterocycles. The Balaban J connectivity index is 2.57. The van der Waals surface area contributed by atoms with E-state index < -0.39 is 8.32 Å². The maximum absolute atomic E-state index is 6.62. The molecule has 19 heavy (non-hydrogen) atoms. The van der Waals surface area contributed by atoms with Crippen molar-refractivity contribution in [2.45, 2.75) is 96.4 Å². The van der Waals surface area contributed by atoms with E-state index in [0.29, 0.717) is 11.1 Å². The van der Waals surface area contributed by atoms with Gasteiger partial charge in [-0.3, -0.25) is 0 Å². The minimum atomic E-state index is -1.60. The first-order chi connectivity index (χ1) is 8.83. The third-order valence-corrected chi connectivity index (χ3v) is 9.27. The van der Waals surface area contributed by atoms with Crippen LogP contribution in [0.4, 0.5) is 0 Å². The summed E-state index contributed by atoms with van der Waals surface area (Å²) in [6.07, 6.45) is 15.6. The lowest BCUT2D eigenvalue weighted by Crippen LogP contribution is -2.43. The zero-order valence-corrected chi connectivity index (χ0v) is 14.8. The average molecular weight is 283 g/mol. The molecule has 0 fully saturated rings. The van der Waals surface area contributed by atoms with Crippen LogP contribution in [0.1, 0.15) is 72.1 Å². The Bertz CT molecular complexity index is 275. The highest BCUT2D eigenvalue weighted by Crippen LogP contribution is 2.38. The van der Waals surface area contributed by atoms with E-state index in [-0.39, 0.29) is 0 Å². The summed E-state index contributed by atoms with van der Waals surface area (Å²) in [5.74, 6) is 0. The topological polar surface area (TPSA) is 9.23 Å². The molecule has 0 spiro atoms. The smallest absolute Gasteiger partial charge is 0.192 e. The van der Waals surface area contributed by atoms with Gasteiger partial charge in [-0.15, -0.1) is 0 Å². The Hall–Kier alpha value is -0.0831. The zero-order chi connectivity index (χ0) is 14.4. The molecule has 1 aliphatic carbocycles. The van der Waals surface area contributed by atoms with Crippen LogP contribution < -0.4 is 0 Å². The Morgan fingerprint density at radius 2 is 1.53 bits per heavy atom. The lowest BCUT2D eigenvalue weighted by atomic mass is 10.1. The van der Waals surface area contributed by atoms with Gasteiger partial charge >= 0.3 is 0 Å². The predicted molar refractivity (Wildman–Crippen MR) is 88.1 cm³/mol. The van der Waals surface area contributed by atoms with E-state index in [2.05, 4.69) is 46.0 Å². The molecule has 0 bridgehead atoms. The Morgan fingerprint density at radius 3 is 2.21 bits per heavy atom. The quantitative estimate of drug-likeness (QED) is 0.441. The molecule has 0 saturated carbocycles. The molecule has 1 rings (SSSR count). The molecule has 0 aromatic carbocycles. The van der Waals surface area contributed by atoms with E-state index in [1.807, 2.05) is 0 Å². The molecule has 0 aliphatic heterocycles. The minimum Gasteiger partial charge on any atom is -0.414 e. The zero-order valence-electron chi connectivity index (χ0n) is 13.8. The summed E-state index contributed by atoms with van der Waals surface area (Å²) in [5, 5.41) is 0.328. The first-order valence-corrected chi connectivity index (χ1v) is 11.1. The van der Waals surface area contributed by atoms with Gasteiger partial charge in [-0.1, -0.05) is 52.2 Å². The first-order valence-electron chi connectivity index (χ1n) is 8.16. The van der Waals surface area contributed by atoms with Gasteiger partial charge in [0.2, 0.25) is 0 Å². The summed E-state index contributed by atoms with van der Waals surface area (Å²) in [5.41, 5.74) is 0. The van der Waals surface area contributed by atoms with Crippen molar-refractivity contribution in [2.75, 3.05) is 0 Å². The largest absolute Gasteiger partial charge is 0.414 e. The fraction of sp³-hybridized carbons (Fsp3) is 0.882. The van der Waals surface area contributed by atoms with Gasteiger partial charge in [-0.25, -0.2) is 0 Å². The summed E-state index contributed by atoms with van der Waals surface area (Å²) in [6, 6.07) is 0. The van der Waals surface area contributed by atoms with Gasteiger partial charge in [0.15, 0.2) is 8.32 Å². The normalized spacial score (nSPS) is 23.9. The summed E-state index contributed by atoms with van der Waals surface area (Å²) in [4.78, 5) is 0. The van der Waals surface area contributed by atoms with Gasteiger partial charge in [-0.2, -0.15) is 0 Å². The van der Waals surface area contributed by atoms with Crippen molar-refractivity contribution in [3.05, 3.63) is 12.2 Å². The van der Waals surface area contributed by atoms with Gasteiger partial charge in [-0.05, 0) is 50.2 Å². The van der Waals surface area contributed by atoms with Crippen molar-refractivity contribution in [2.24, 2.45) is 0 Å². The standard InChI is InChI=1S/C17H34OSi/c1-17(2,3)19(4,5)18-16-14-12-10-8-6-7-9-11-13-15-16/h8,10,16H,6-7,9,11-15H2,1-5H3. The molecular weight excluding hydrogens is 248 g/mol. The predicted octanol–water partition coefficient (Wildman–Crippen LogP) is 6.07. The van der Waals surface area contributed by atoms with Gasteiger partial charge in [0, 0.05) is 6.10 Å². The van der Waals surface area contributed by atoms with Crippen LogP contribution in [0, 0.1) is 0 Å². The molecule has 0 saturated heterocycles. The second-order valence-electron chi connectivity index (χ2n) is 7.54. The van der Waals surface area contributed by atoms with Crippen LogP contribution in [-0.4, -0.2) is 14.4 Å². The van der Waals surface area contributed by atoms with Crippen LogP contribution >= 0.6 is 0 Å². The lowest BCUT2D eigenvalue weighted by molar-refractivity contribution is 0.159. The maximum Gasteiger partial charge on any atom is 0.192 e. The molecule has 0 amide bonds. The molecule has 1 aliphatic rings. The van der Waals surface area contributed by atoms with Crippen LogP contribution in [0.5, 0.6) is 0 Å². The highest BCUT2D eigenvalue weighted by Gasteiger charge is 2.38. The van der Waals surface area contributed by atoms with Crippen LogP contribution in [0.15, 0.2) is 12.2 Å². The van der Waals surface area contributed by atoms with E-state index in [0.717, 1.165) is 0 Å². The van der Waals surface area contributed by atoms with Gasteiger partial charge < -0.3 is 4.43 Å². The molecule has 1 atom stereocenters. The van der Waals surface area contributed by atoms with Crippen molar-refractivity contribution >= 4 is 8.32 Å². The highest BCUT2D eigenvalue weighted by molar-refractivity contribution is 6.74. The van der Waals surface area contributed by atoms with Crippen molar-refractivity contribution in [1.29, 1.82) is 0 Å². The molecule has 1 unspecified atom stereocenters. The fourth-order valence-corrected chi connectivity index (χ4v) is 3.78. The van der Waals surface area contributed by atoms with Crippen molar-refractivity contribution in [3.8, 4) is 0 Å². The first kappa shape index (κ1) is 17.0. The third kappa shape index (κ3) is 6.27. The van der Waals surface area contributed by atoms with Crippen LogP contribution in [0.3, 0.4) is 0 Å². The van der Waals surface area contributed by atoms with Crippen molar-refractivity contribution in [1.82, 2.24) is 0 Å². The molecular formula is C17H34OSi. The Kier molecular flexibility index (Phi) is 6.82. The number of hydrogen-bond acceptors (Lipinski definition) is 1. The average Bonchev–Trinajstić information content (AvgIpc) is 2.33. The van der Waals surface area contributed by atoms with Gasteiger partial charge in [0.1, 0.15) is 0 Å². The molecule has 2 heteroatoms. The van der Waals surface area contributed by atoms with Crippen LogP contribution in [0.2, 0.25) is 18.1 Å². The van der Waals surface area contributed by atoms with Gasteiger partial charge in [0.05, 0.1) is 0 Å². The van der Waals surface area contributed by atoms with E-state index in [9.17, 15) is 0 Å². The van der Waals surface area contributed by atoms with E-state index in [4.69, 9.17) is 4.43 Å². The van der Waals surface area contributed by atoms with Gasteiger partial charge in [0.25, 0.3) is 0 Å². The molecule has 0 aromatic rings. The van der Waals surface area contributed by atoms with E-state index in [1.165, 1.54) is 51.4 Å². The lowest BCUT2D eigenvalue weighted by Gasteiger charge is -2.39. The van der Waals surface area contributed by atoms with Crippen molar-refractivity contribution < 1.29 is 4.43 Å². The maximum atomic E-state index is 6.62. The number of hydrogen-bond donors (Lipinski definition) is 0. The molecule has 1 nitrogen and oxygen atoms in total. The fourth-order valence-electron chi connectivity index (χ4n) is 2.36. The second kappa shape index (κ2) is 7.63. The molecule has 0 N–H and O–H groups in total. The van der Waals surface area contributed by atoms with E-state index in [1.54, 1.807) is 0 Å². The molecule has 112 valence electrons. The molecule has 0 aromatic heterocycles. The highest BCUT2D eigenvalue weighted by atomic mass is 28.4. The molecule has 0 radical (unpaired) electrons.